The molecule has 4 rings (SSSR count). The third kappa shape index (κ3) is 3.08. The van der Waals surface area contributed by atoms with Crippen LogP contribution in [0.2, 0.25) is 10.0 Å². The number of nitrogens with one attached hydrogen (secondary N) is 2. The molecule has 0 atom stereocenters. The van der Waals surface area contributed by atoms with Gasteiger partial charge >= 0.3 is 0 Å². The van der Waals surface area contributed by atoms with Gasteiger partial charge in [0.2, 0.25) is 0 Å². The number of imidazole rings is 1. The van der Waals surface area contributed by atoms with Crippen LogP contribution in [0.5, 0.6) is 0 Å². The first-order chi connectivity index (χ1) is 12.7. The van der Waals surface area contributed by atoms with E-state index in [1.807, 2.05) is 0 Å². The Morgan fingerprint density at radius 2 is 1.88 bits per heavy atom. The predicted molar refractivity (Wildman–Crippen MR) is 101 cm³/mol. The molecule has 9 heteroatoms. The maximum Gasteiger partial charge on any atom is 0.183 e. The number of pyridine rings is 1. The van der Waals surface area contributed by atoms with E-state index in [9.17, 15) is 5.11 Å². The topological polar surface area (TPSA) is 99.6 Å². The molecule has 0 unspecified atom stereocenters. The van der Waals surface area contributed by atoms with Gasteiger partial charge in [-0.25, -0.2) is 19.9 Å². The number of halogens is 2. The fourth-order valence-electron chi connectivity index (χ4n) is 2.53. The van der Waals surface area contributed by atoms with Gasteiger partial charge in [-0.15, -0.1) is 0 Å². The summed E-state index contributed by atoms with van der Waals surface area (Å²) in [6, 6.07) is 8.71. The molecule has 0 saturated carbocycles. The normalized spacial score (nSPS) is 11.0. The maximum absolute atomic E-state index is 9.26. The van der Waals surface area contributed by atoms with Crippen molar-refractivity contribution in [1.29, 1.82) is 0 Å². The third-order valence-corrected chi connectivity index (χ3v) is 4.37. The van der Waals surface area contributed by atoms with Gasteiger partial charge < -0.3 is 15.4 Å². The number of H-pyrrole nitrogens is 1. The summed E-state index contributed by atoms with van der Waals surface area (Å²) in [4.78, 5) is 20.3. The predicted octanol–water partition coefficient (Wildman–Crippen LogP) is 3.96. The number of aliphatic hydroxyl groups is 1. The molecule has 3 heterocycles. The first-order valence-electron chi connectivity index (χ1n) is 7.63. The van der Waals surface area contributed by atoms with E-state index in [0.717, 1.165) is 5.56 Å². The molecule has 3 aromatic heterocycles. The van der Waals surface area contributed by atoms with Crippen LogP contribution in [-0.2, 0) is 6.61 Å². The van der Waals surface area contributed by atoms with Crippen molar-refractivity contribution < 1.29 is 5.11 Å². The molecular weight excluding hydrogens is 375 g/mol. The minimum Gasteiger partial charge on any atom is -0.392 e. The Labute approximate surface area is 158 Å². The van der Waals surface area contributed by atoms with Crippen molar-refractivity contribution in [1.82, 2.24) is 24.9 Å². The molecule has 4 aromatic rings. The molecule has 130 valence electrons. The zero-order valence-electron chi connectivity index (χ0n) is 13.2. The molecule has 0 amide bonds. The average Bonchev–Trinajstić information content (AvgIpc) is 3.06. The second kappa shape index (κ2) is 6.87. The fraction of sp³-hybridized carbons (Fsp3) is 0.0588. The summed E-state index contributed by atoms with van der Waals surface area (Å²) in [5.41, 5.74) is 2.39. The number of aliphatic hydroxyl groups excluding tert-OH is 1. The van der Waals surface area contributed by atoms with Crippen molar-refractivity contribution in [2.24, 2.45) is 0 Å². The quantitative estimate of drug-likeness (QED) is 0.490. The van der Waals surface area contributed by atoms with E-state index in [-0.39, 0.29) is 6.61 Å². The van der Waals surface area contributed by atoms with E-state index in [4.69, 9.17) is 23.2 Å². The molecular formula is C17H12Cl2N6O. The van der Waals surface area contributed by atoms with Crippen molar-refractivity contribution in [2.75, 3.05) is 5.32 Å². The number of benzene rings is 1. The van der Waals surface area contributed by atoms with Crippen LogP contribution in [0, 0.1) is 0 Å². The van der Waals surface area contributed by atoms with Crippen molar-refractivity contribution in [2.45, 2.75) is 6.61 Å². The lowest BCUT2D eigenvalue weighted by atomic mass is 10.2. The van der Waals surface area contributed by atoms with E-state index in [1.54, 1.807) is 36.5 Å². The smallest absolute Gasteiger partial charge is 0.183 e. The van der Waals surface area contributed by atoms with Gasteiger partial charge in [-0.05, 0) is 29.8 Å². The number of rotatable bonds is 4. The molecule has 0 spiro atoms. The lowest BCUT2D eigenvalue weighted by Gasteiger charge is -2.06. The Hall–Kier alpha value is -2.74. The largest absolute Gasteiger partial charge is 0.392 e. The van der Waals surface area contributed by atoms with Gasteiger partial charge in [-0.3, -0.25) is 0 Å². The summed E-state index contributed by atoms with van der Waals surface area (Å²) in [6.07, 6.45) is 3.01. The highest BCUT2D eigenvalue weighted by Crippen LogP contribution is 2.34. The molecule has 26 heavy (non-hydrogen) atoms. The number of hydrogen-bond acceptors (Lipinski definition) is 6. The van der Waals surface area contributed by atoms with E-state index in [1.165, 1.54) is 6.33 Å². The molecule has 0 bridgehead atoms. The van der Waals surface area contributed by atoms with Gasteiger partial charge in [0.15, 0.2) is 11.5 Å². The molecule has 0 saturated heterocycles. The Kier molecular flexibility index (Phi) is 4.42. The van der Waals surface area contributed by atoms with Gasteiger partial charge in [0, 0.05) is 6.20 Å². The Morgan fingerprint density at radius 3 is 2.65 bits per heavy atom. The summed E-state index contributed by atoms with van der Waals surface area (Å²) >= 11 is 12.5. The van der Waals surface area contributed by atoms with Crippen LogP contribution in [0.4, 0.5) is 11.6 Å². The van der Waals surface area contributed by atoms with Crippen molar-refractivity contribution in [3.05, 3.63) is 58.5 Å². The first-order valence-corrected chi connectivity index (χ1v) is 8.39. The first kappa shape index (κ1) is 16.7. The van der Waals surface area contributed by atoms with Gasteiger partial charge in [0.1, 0.15) is 23.5 Å². The second-order valence-electron chi connectivity index (χ2n) is 5.44. The van der Waals surface area contributed by atoms with Crippen molar-refractivity contribution in [3.63, 3.8) is 0 Å². The highest BCUT2D eigenvalue weighted by atomic mass is 35.5. The molecule has 0 fully saturated rings. The molecule has 0 aliphatic rings. The van der Waals surface area contributed by atoms with E-state index in [0.29, 0.717) is 44.2 Å². The summed E-state index contributed by atoms with van der Waals surface area (Å²) in [6.45, 7) is -0.0738. The minimum absolute atomic E-state index is 0.0738. The Balaban J connectivity index is 1.79. The number of aromatic amines is 1. The van der Waals surface area contributed by atoms with E-state index >= 15 is 0 Å². The van der Waals surface area contributed by atoms with Gasteiger partial charge in [-0.2, -0.15) is 0 Å². The van der Waals surface area contributed by atoms with Crippen molar-refractivity contribution >= 4 is 46.0 Å². The fourth-order valence-corrected chi connectivity index (χ4v) is 3.10. The number of aromatic nitrogens is 5. The van der Waals surface area contributed by atoms with Crippen LogP contribution in [0.25, 0.3) is 22.6 Å². The monoisotopic (exact) mass is 386 g/mol. The summed E-state index contributed by atoms with van der Waals surface area (Å²) in [7, 11) is 0. The third-order valence-electron chi connectivity index (χ3n) is 3.74. The minimum atomic E-state index is -0.0738. The molecule has 3 N–H and O–H groups in total. The summed E-state index contributed by atoms with van der Waals surface area (Å²) < 4.78 is 0. The van der Waals surface area contributed by atoms with Crippen LogP contribution >= 0.6 is 23.2 Å². The van der Waals surface area contributed by atoms with Crippen LogP contribution in [-0.4, -0.2) is 30.0 Å². The standard InChI is InChI=1S/C17H12Cl2N6O/c18-10-2-1-3-11(19)13(10)15-24-14-16(21-8-22-17(14)25-15)23-12-6-9(7-26)4-5-20-12/h1-6,8,26H,7H2,(H2,20,21,22,23,24,25). The average molecular weight is 387 g/mol. The molecule has 0 aliphatic carbocycles. The zero-order chi connectivity index (χ0) is 18.1. The summed E-state index contributed by atoms with van der Waals surface area (Å²) in [5, 5.41) is 13.3. The van der Waals surface area contributed by atoms with E-state index < -0.39 is 0 Å². The molecule has 1 aromatic carbocycles. The number of fused-ring (bicyclic) bond motifs is 1. The second-order valence-corrected chi connectivity index (χ2v) is 6.25. The van der Waals surface area contributed by atoms with E-state index in [2.05, 4.69) is 30.2 Å². The molecule has 0 aliphatic heterocycles. The number of anilines is 2. The highest BCUT2D eigenvalue weighted by Gasteiger charge is 2.16. The van der Waals surface area contributed by atoms with Crippen LogP contribution < -0.4 is 5.32 Å². The zero-order valence-corrected chi connectivity index (χ0v) is 14.8. The van der Waals surface area contributed by atoms with Crippen molar-refractivity contribution in [3.8, 4) is 11.4 Å². The Bertz CT molecular complexity index is 1080. The highest BCUT2D eigenvalue weighted by molar-refractivity contribution is 6.39. The Morgan fingerprint density at radius 1 is 1.08 bits per heavy atom. The number of nitrogens with zero attached hydrogens (tertiary/aromatic N) is 4. The van der Waals surface area contributed by atoms with Crippen LogP contribution in [0.3, 0.4) is 0 Å². The van der Waals surface area contributed by atoms with Crippen LogP contribution in [0.15, 0.2) is 42.9 Å². The summed E-state index contributed by atoms with van der Waals surface area (Å²) in [5.74, 6) is 1.54. The molecule has 0 radical (unpaired) electrons. The SMILES string of the molecule is OCc1ccnc(Nc2ncnc3nc(-c4c(Cl)cccc4Cl)[nH]c23)c1. The number of hydrogen-bond donors (Lipinski definition) is 3. The van der Waals surface area contributed by atoms with Gasteiger partial charge in [0.25, 0.3) is 0 Å². The van der Waals surface area contributed by atoms with Crippen LogP contribution in [0.1, 0.15) is 5.56 Å². The lowest BCUT2D eigenvalue weighted by molar-refractivity contribution is 0.282. The molecule has 7 nitrogen and oxygen atoms in total. The maximum atomic E-state index is 9.26. The lowest BCUT2D eigenvalue weighted by Crippen LogP contribution is -1.98. The van der Waals surface area contributed by atoms with Gasteiger partial charge in [-0.1, -0.05) is 29.3 Å². The van der Waals surface area contributed by atoms with Gasteiger partial charge in [0.05, 0.1) is 22.2 Å².